The second-order valence-electron chi connectivity index (χ2n) is 5.47. The number of ether oxygens (including phenoxy) is 2. The Bertz CT molecular complexity index is 670. The Kier molecular flexibility index (Phi) is 3.48. The molecule has 7 nitrogen and oxygen atoms in total. The fraction of sp³-hybridized carbons (Fsp3) is 0.400. The largest absolute Gasteiger partial charge is 0.454 e. The highest BCUT2D eigenvalue weighted by atomic mass is 16.7. The summed E-state index contributed by atoms with van der Waals surface area (Å²) in [7, 11) is 1.66. The molecule has 0 aliphatic carbocycles. The van der Waals surface area contributed by atoms with Gasteiger partial charge in [0.05, 0.1) is 11.6 Å². The number of hydrogen-bond acceptors (Lipinski definition) is 5. The lowest BCUT2D eigenvalue weighted by Crippen LogP contribution is -2.26. The number of ketones is 1. The van der Waals surface area contributed by atoms with Gasteiger partial charge in [-0.1, -0.05) is 0 Å². The average molecular weight is 304 g/mol. The number of rotatable bonds is 3. The Morgan fingerprint density at radius 3 is 2.55 bits per heavy atom. The number of benzene rings is 1. The van der Waals surface area contributed by atoms with Gasteiger partial charge >= 0.3 is 0 Å². The van der Waals surface area contributed by atoms with Crippen LogP contribution in [0.25, 0.3) is 0 Å². The van der Waals surface area contributed by atoms with Gasteiger partial charge in [-0.15, -0.1) is 0 Å². The van der Waals surface area contributed by atoms with Crippen LogP contribution in [0.5, 0.6) is 11.5 Å². The normalized spacial score (nSPS) is 19.5. The summed E-state index contributed by atoms with van der Waals surface area (Å²) in [5, 5.41) is 2.73. The van der Waals surface area contributed by atoms with Gasteiger partial charge in [0.1, 0.15) is 0 Å². The van der Waals surface area contributed by atoms with E-state index >= 15 is 0 Å². The highest BCUT2D eigenvalue weighted by molar-refractivity contribution is 6.06. The van der Waals surface area contributed by atoms with Crippen LogP contribution < -0.4 is 14.8 Å². The van der Waals surface area contributed by atoms with E-state index in [0.717, 1.165) is 0 Å². The quantitative estimate of drug-likeness (QED) is 0.843. The maximum atomic E-state index is 12.3. The average Bonchev–Trinajstić information content (AvgIpc) is 3.04. The number of amides is 2. The zero-order chi connectivity index (χ0) is 15.9. The molecule has 3 rings (SSSR count). The third-order valence-corrected chi connectivity index (χ3v) is 3.86. The summed E-state index contributed by atoms with van der Waals surface area (Å²) in [4.78, 5) is 37.1. The van der Waals surface area contributed by atoms with Crippen molar-refractivity contribution >= 4 is 23.3 Å². The first-order valence-electron chi connectivity index (χ1n) is 6.95. The molecule has 1 aromatic carbocycles. The van der Waals surface area contributed by atoms with Gasteiger partial charge in [0.2, 0.25) is 18.6 Å². The molecule has 116 valence electrons. The third kappa shape index (κ3) is 2.49. The van der Waals surface area contributed by atoms with Gasteiger partial charge in [-0.05, 0) is 13.0 Å². The van der Waals surface area contributed by atoms with E-state index in [4.69, 9.17) is 9.47 Å². The van der Waals surface area contributed by atoms with Crippen LogP contribution in [0, 0.1) is 5.92 Å². The molecule has 1 fully saturated rings. The lowest BCUT2D eigenvalue weighted by molar-refractivity contribution is -0.127. The van der Waals surface area contributed by atoms with Crippen LogP contribution in [0.15, 0.2) is 12.1 Å². The molecule has 1 unspecified atom stereocenters. The minimum atomic E-state index is -0.414. The monoisotopic (exact) mass is 304 g/mol. The van der Waals surface area contributed by atoms with Gasteiger partial charge < -0.3 is 19.7 Å². The summed E-state index contributed by atoms with van der Waals surface area (Å²) in [5.74, 6) is 0.0338. The van der Waals surface area contributed by atoms with Crippen LogP contribution in [0.4, 0.5) is 5.69 Å². The fourth-order valence-corrected chi connectivity index (χ4v) is 2.61. The number of Topliss-reactive ketones (excluding diaryl/α,β-unsaturated/α-hetero) is 1. The van der Waals surface area contributed by atoms with E-state index in [2.05, 4.69) is 5.32 Å². The highest BCUT2D eigenvalue weighted by Crippen LogP contribution is 2.37. The number of nitrogens with zero attached hydrogens (tertiary/aromatic N) is 1. The zero-order valence-electron chi connectivity index (χ0n) is 12.3. The number of likely N-dealkylation sites (tertiary alicyclic amines) is 1. The predicted molar refractivity (Wildman–Crippen MR) is 76.9 cm³/mol. The van der Waals surface area contributed by atoms with Crippen molar-refractivity contribution in [3.05, 3.63) is 17.7 Å². The summed E-state index contributed by atoms with van der Waals surface area (Å²) >= 11 is 0. The highest BCUT2D eigenvalue weighted by Gasteiger charge is 2.32. The van der Waals surface area contributed by atoms with Crippen LogP contribution >= 0.6 is 0 Å². The molecule has 0 aromatic heterocycles. The van der Waals surface area contributed by atoms with E-state index in [0.29, 0.717) is 29.3 Å². The van der Waals surface area contributed by atoms with E-state index in [1.165, 1.54) is 11.8 Å². The molecule has 0 bridgehead atoms. The molecular weight excluding hydrogens is 288 g/mol. The van der Waals surface area contributed by atoms with Gasteiger partial charge in [0.25, 0.3) is 0 Å². The van der Waals surface area contributed by atoms with Crippen LogP contribution in [0.3, 0.4) is 0 Å². The van der Waals surface area contributed by atoms with Gasteiger partial charge in [0, 0.05) is 31.6 Å². The number of carbonyl (C=O) groups is 3. The summed E-state index contributed by atoms with van der Waals surface area (Å²) in [6.45, 7) is 1.89. The minimum absolute atomic E-state index is 0.0578. The van der Waals surface area contributed by atoms with Crippen molar-refractivity contribution in [3.63, 3.8) is 0 Å². The summed E-state index contributed by atoms with van der Waals surface area (Å²) in [6, 6.07) is 3.14. The van der Waals surface area contributed by atoms with Crippen molar-refractivity contribution in [2.24, 2.45) is 5.92 Å². The van der Waals surface area contributed by atoms with Gasteiger partial charge in [-0.25, -0.2) is 0 Å². The van der Waals surface area contributed by atoms with Crippen molar-refractivity contribution in [3.8, 4) is 11.5 Å². The second-order valence-corrected chi connectivity index (χ2v) is 5.47. The fourth-order valence-electron chi connectivity index (χ4n) is 2.61. The van der Waals surface area contributed by atoms with Crippen LogP contribution in [0.2, 0.25) is 0 Å². The molecule has 2 amide bonds. The van der Waals surface area contributed by atoms with Gasteiger partial charge in [-0.3, -0.25) is 14.4 Å². The summed E-state index contributed by atoms with van der Waals surface area (Å²) < 4.78 is 10.5. The molecule has 1 aromatic rings. The molecule has 1 atom stereocenters. The van der Waals surface area contributed by atoms with E-state index in [1.807, 2.05) is 0 Å². The van der Waals surface area contributed by atoms with Gasteiger partial charge in [-0.2, -0.15) is 0 Å². The van der Waals surface area contributed by atoms with E-state index in [1.54, 1.807) is 19.2 Å². The molecule has 2 heterocycles. The van der Waals surface area contributed by atoms with Crippen LogP contribution in [0.1, 0.15) is 23.7 Å². The lowest BCUT2D eigenvalue weighted by Gasteiger charge is -2.14. The first-order chi connectivity index (χ1) is 10.5. The Morgan fingerprint density at radius 1 is 1.27 bits per heavy atom. The smallest absolute Gasteiger partial charge is 0.231 e. The van der Waals surface area contributed by atoms with Crippen LogP contribution in [-0.2, 0) is 9.59 Å². The van der Waals surface area contributed by atoms with Crippen molar-refractivity contribution in [2.75, 3.05) is 25.7 Å². The summed E-state index contributed by atoms with van der Waals surface area (Å²) in [6.07, 6.45) is 0.183. The Hall–Kier alpha value is -2.57. The number of anilines is 1. The Morgan fingerprint density at radius 2 is 1.95 bits per heavy atom. The Balaban J connectivity index is 1.84. The molecule has 0 radical (unpaired) electrons. The first-order valence-corrected chi connectivity index (χ1v) is 6.95. The van der Waals surface area contributed by atoms with Crippen molar-refractivity contribution < 1.29 is 23.9 Å². The topological polar surface area (TPSA) is 84.9 Å². The molecule has 1 saturated heterocycles. The molecule has 2 aliphatic heterocycles. The molecule has 7 heteroatoms. The molecule has 22 heavy (non-hydrogen) atoms. The van der Waals surface area contributed by atoms with Crippen LogP contribution in [-0.4, -0.2) is 42.9 Å². The van der Waals surface area contributed by atoms with Crippen molar-refractivity contribution in [2.45, 2.75) is 13.3 Å². The van der Waals surface area contributed by atoms with Crippen molar-refractivity contribution in [1.82, 2.24) is 4.90 Å². The number of hydrogen-bond donors (Lipinski definition) is 1. The number of fused-ring (bicyclic) bond motifs is 1. The molecule has 0 saturated carbocycles. The number of carbonyl (C=O) groups excluding carboxylic acids is 3. The molecule has 2 aliphatic rings. The minimum Gasteiger partial charge on any atom is -0.454 e. The second kappa shape index (κ2) is 5.32. The van der Waals surface area contributed by atoms with E-state index in [9.17, 15) is 14.4 Å². The molecular formula is C15H16N2O5. The maximum absolute atomic E-state index is 12.3. The predicted octanol–water partition coefficient (Wildman–Crippen LogP) is 1.03. The molecule has 0 spiro atoms. The third-order valence-electron chi connectivity index (χ3n) is 3.86. The van der Waals surface area contributed by atoms with E-state index in [-0.39, 0.29) is 30.8 Å². The molecule has 1 N–H and O–H groups in total. The maximum Gasteiger partial charge on any atom is 0.231 e. The van der Waals surface area contributed by atoms with Gasteiger partial charge in [0.15, 0.2) is 17.3 Å². The Labute approximate surface area is 127 Å². The SMILES string of the molecule is CC(=O)c1cc2c(cc1NC(=O)C1CC(=O)N(C)C1)OCO2. The van der Waals surface area contributed by atoms with E-state index < -0.39 is 5.92 Å². The van der Waals surface area contributed by atoms with Crippen molar-refractivity contribution in [1.29, 1.82) is 0 Å². The standard InChI is InChI=1S/C15H16N2O5/c1-8(18)10-4-12-13(22-7-21-12)5-11(10)16-15(20)9-3-14(19)17(2)6-9/h4-5,9H,3,6-7H2,1-2H3,(H,16,20). The number of nitrogens with one attached hydrogen (secondary N) is 1. The summed E-state index contributed by atoms with van der Waals surface area (Å²) in [5.41, 5.74) is 0.735. The first kappa shape index (κ1) is 14.4. The lowest BCUT2D eigenvalue weighted by atomic mass is 10.1. The zero-order valence-corrected chi connectivity index (χ0v) is 12.3.